The Morgan fingerprint density at radius 2 is 1.89 bits per heavy atom. The highest BCUT2D eigenvalue weighted by Crippen LogP contribution is 2.22. The smallest absolute Gasteiger partial charge is 0.207 e. The first-order valence-electron chi connectivity index (χ1n) is 9.46. The Morgan fingerprint density at radius 1 is 1.15 bits per heavy atom. The van der Waals surface area contributed by atoms with Crippen LogP contribution in [0.4, 0.5) is 0 Å². The van der Waals surface area contributed by atoms with E-state index in [1.54, 1.807) is 0 Å². The van der Waals surface area contributed by atoms with Gasteiger partial charge in [-0.2, -0.15) is 4.68 Å². The molecule has 1 unspecified atom stereocenters. The second kappa shape index (κ2) is 7.76. The van der Waals surface area contributed by atoms with Crippen molar-refractivity contribution < 1.29 is 10.0 Å². The average molecular weight is 382 g/mol. The van der Waals surface area contributed by atoms with Crippen LogP contribution in [-0.4, -0.2) is 38.6 Å². The van der Waals surface area contributed by atoms with E-state index in [-0.39, 0.29) is 6.10 Å². The van der Waals surface area contributed by atoms with Crippen molar-refractivity contribution in [3.63, 3.8) is 0 Å². The molecule has 6 heteroatoms. The maximum atomic E-state index is 9.99. The van der Waals surface area contributed by atoms with E-state index < -0.39 is 0 Å². The van der Waals surface area contributed by atoms with E-state index in [2.05, 4.69) is 43.3 Å². The molecule has 1 aliphatic heterocycles. The molecule has 2 atom stereocenters. The predicted molar refractivity (Wildman–Crippen MR) is 108 cm³/mol. The quantitative estimate of drug-likeness (QED) is 0.682. The first-order valence-corrected chi connectivity index (χ1v) is 9.86. The molecule has 0 saturated carbocycles. The van der Waals surface area contributed by atoms with E-state index in [1.165, 1.54) is 10.5 Å². The van der Waals surface area contributed by atoms with Gasteiger partial charge >= 0.3 is 0 Å². The van der Waals surface area contributed by atoms with Gasteiger partial charge in [0.05, 0.1) is 6.54 Å². The summed E-state index contributed by atoms with van der Waals surface area (Å²) < 4.78 is 4.64. The molecule has 1 fully saturated rings. The molecule has 4 rings (SSSR count). The number of nitrogens with zero attached hydrogens (tertiary/aromatic N) is 3. The molecule has 0 aliphatic carbocycles. The van der Waals surface area contributed by atoms with E-state index >= 15 is 0 Å². The van der Waals surface area contributed by atoms with Crippen molar-refractivity contribution in [2.75, 3.05) is 13.1 Å². The minimum atomic E-state index is -0.226. The van der Waals surface area contributed by atoms with Gasteiger partial charge in [-0.25, -0.2) is 0 Å². The molecular formula is C21H25N4OS+. The van der Waals surface area contributed by atoms with Gasteiger partial charge in [-0.1, -0.05) is 48.0 Å². The van der Waals surface area contributed by atoms with Crippen LogP contribution in [0.1, 0.15) is 18.4 Å². The van der Waals surface area contributed by atoms with Crippen LogP contribution in [0.5, 0.6) is 0 Å². The highest BCUT2D eigenvalue weighted by molar-refractivity contribution is 7.71. The Bertz CT molecular complexity index is 962. The number of piperidine rings is 1. The van der Waals surface area contributed by atoms with Crippen molar-refractivity contribution in [3.05, 3.63) is 64.9 Å². The number of aliphatic hydroxyl groups excluding tert-OH is 1. The van der Waals surface area contributed by atoms with Crippen molar-refractivity contribution in [2.24, 2.45) is 0 Å². The Morgan fingerprint density at radius 3 is 2.59 bits per heavy atom. The normalized spacial score (nSPS) is 19.9. The van der Waals surface area contributed by atoms with Crippen LogP contribution in [0.3, 0.4) is 0 Å². The maximum absolute atomic E-state index is 9.99. The van der Waals surface area contributed by atoms with Crippen LogP contribution < -0.4 is 4.90 Å². The third-order valence-corrected chi connectivity index (χ3v) is 5.52. The van der Waals surface area contributed by atoms with Gasteiger partial charge in [0, 0.05) is 11.3 Å². The number of nitrogens with one attached hydrogen (secondary N) is 1. The minimum absolute atomic E-state index is 0.226. The number of benzene rings is 2. The summed E-state index contributed by atoms with van der Waals surface area (Å²) in [7, 11) is 0. The van der Waals surface area contributed by atoms with Crippen LogP contribution in [-0.2, 0) is 6.67 Å². The number of quaternary nitrogens is 1. The van der Waals surface area contributed by atoms with E-state index in [0.717, 1.165) is 43.0 Å². The third kappa shape index (κ3) is 3.88. The van der Waals surface area contributed by atoms with Crippen LogP contribution >= 0.6 is 12.2 Å². The zero-order valence-electron chi connectivity index (χ0n) is 15.5. The van der Waals surface area contributed by atoms with E-state index in [4.69, 9.17) is 17.3 Å². The molecule has 3 aromatic rings. The number of hydrogen-bond donors (Lipinski definition) is 2. The van der Waals surface area contributed by atoms with Crippen molar-refractivity contribution in [1.82, 2.24) is 14.3 Å². The minimum Gasteiger partial charge on any atom is -0.387 e. The lowest BCUT2D eigenvalue weighted by molar-refractivity contribution is -0.931. The molecule has 140 valence electrons. The summed E-state index contributed by atoms with van der Waals surface area (Å²) in [5.41, 5.74) is 3.27. The number of rotatable bonds is 4. The van der Waals surface area contributed by atoms with E-state index in [1.807, 2.05) is 27.4 Å². The van der Waals surface area contributed by atoms with E-state index in [9.17, 15) is 5.11 Å². The van der Waals surface area contributed by atoms with Gasteiger partial charge in [-0.3, -0.25) is 4.57 Å². The number of hydrogen-bond acceptors (Lipinski definition) is 3. The van der Waals surface area contributed by atoms with Gasteiger partial charge in [0.1, 0.15) is 12.6 Å². The van der Waals surface area contributed by atoms with Crippen LogP contribution in [0.25, 0.3) is 17.1 Å². The zero-order chi connectivity index (χ0) is 18.8. The van der Waals surface area contributed by atoms with E-state index in [0.29, 0.717) is 11.4 Å². The molecule has 5 nitrogen and oxygen atoms in total. The first-order chi connectivity index (χ1) is 13.1. The molecule has 1 aromatic heterocycles. The number of aliphatic hydroxyl groups is 1. The lowest BCUT2D eigenvalue weighted by Crippen LogP contribution is -3.13. The topological polar surface area (TPSA) is 47.4 Å². The molecule has 2 aromatic carbocycles. The van der Waals surface area contributed by atoms with Crippen molar-refractivity contribution in [1.29, 1.82) is 0 Å². The molecule has 1 aliphatic rings. The van der Waals surface area contributed by atoms with Gasteiger partial charge in [0.2, 0.25) is 4.77 Å². The molecular weight excluding hydrogens is 356 g/mol. The molecule has 27 heavy (non-hydrogen) atoms. The lowest BCUT2D eigenvalue weighted by atomic mass is 10.1. The standard InChI is InChI=1S/C21H24N4OS/c1-16-9-11-18(12-10-16)25-20(17-6-3-2-4-7-17)22-24(21(25)27)15-23-13-5-8-19(26)14-23/h2-4,6-7,9-12,19,26H,5,8,13-15H2,1H3/p+1/t19-/m0/s1. The second-order valence-electron chi connectivity index (χ2n) is 7.30. The van der Waals surface area contributed by atoms with Gasteiger partial charge in [0.25, 0.3) is 0 Å². The molecule has 0 amide bonds. The number of aryl methyl sites for hydroxylation is 1. The maximum Gasteiger partial charge on any atom is 0.207 e. The SMILES string of the molecule is Cc1ccc(-n2c(-c3ccccc3)nn(C[NH+]3CCC[C@H](O)C3)c2=S)cc1. The van der Waals surface area contributed by atoms with Crippen molar-refractivity contribution in [2.45, 2.75) is 32.5 Å². The van der Waals surface area contributed by atoms with Gasteiger partial charge in [-0.05, 0) is 44.1 Å². The first kappa shape index (κ1) is 18.1. The lowest BCUT2D eigenvalue weighted by Gasteiger charge is -2.26. The highest BCUT2D eigenvalue weighted by Gasteiger charge is 2.23. The largest absolute Gasteiger partial charge is 0.387 e. The summed E-state index contributed by atoms with van der Waals surface area (Å²) >= 11 is 5.81. The highest BCUT2D eigenvalue weighted by atomic mass is 32.1. The van der Waals surface area contributed by atoms with Crippen LogP contribution in [0.2, 0.25) is 0 Å². The Hall–Kier alpha value is -2.28. The average Bonchev–Trinajstić information content (AvgIpc) is 3.00. The summed E-state index contributed by atoms with van der Waals surface area (Å²) in [6, 6.07) is 18.5. The zero-order valence-corrected chi connectivity index (χ0v) is 16.3. The molecule has 0 spiro atoms. The summed E-state index contributed by atoms with van der Waals surface area (Å²) in [5.74, 6) is 0.849. The van der Waals surface area contributed by atoms with Crippen molar-refractivity contribution in [3.8, 4) is 17.1 Å². The fraction of sp³-hybridized carbons (Fsp3) is 0.333. The Balaban J connectivity index is 1.77. The number of likely N-dealkylation sites (tertiary alicyclic amines) is 1. The molecule has 2 N–H and O–H groups in total. The molecule has 0 bridgehead atoms. The Kier molecular flexibility index (Phi) is 5.20. The molecule has 1 saturated heterocycles. The fourth-order valence-corrected chi connectivity index (χ4v) is 3.99. The van der Waals surface area contributed by atoms with Crippen molar-refractivity contribution >= 4 is 12.2 Å². The number of aromatic nitrogens is 3. The van der Waals surface area contributed by atoms with Crippen LogP contribution in [0.15, 0.2) is 54.6 Å². The molecule has 2 heterocycles. The van der Waals surface area contributed by atoms with Gasteiger partial charge in [-0.15, -0.1) is 5.10 Å². The monoisotopic (exact) mass is 381 g/mol. The summed E-state index contributed by atoms with van der Waals surface area (Å²) in [6.45, 7) is 4.54. The third-order valence-electron chi connectivity index (χ3n) is 5.13. The summed E-state index contributed by atoms with van der Waals surface area (Å²) in [5, 5.41) is 14.9. The fourth-order valence-electron chi connectivity index (χ4n) is 3.69. The predicted octanol–water partition coefficient (Wildman–Crippen LogP) is 2.38. The van der Waals surface area contributed by atoms with Gasteiger partial charge < -0.3 is 10.0 Å². The van der Waals surface area contributed by atoms with Gasteiger partial charge in [0.15, 0.2) is 12.5 Å². The second-order valence-corrected chi connectivity index (χ2v) is 7.67. The summed E-state index contributed by atoms with van der Waals surface area (Å²) in [6.07, 6.45) is 1.70. The van der Waals surface area contributed by atoms with Crippen LogP contribution in [0, 0.1) is 11.7 Å². The Labute approximate surface area is 164 Å². The molecule has 0 radical (unpaired) electrons. The summed E-state index contributed by atoms with van der Waals surface area (Å²) in [4.78, 5) is 1.32.